The van der Waals surface area contributed by atoms with E-state index in [0.29, 0.717) is 28.1 Å². The van der Waals surface area contributed by atoms with Crippen LogP contribution in [0.2, 0.25) is 0 Å². The monoisotopic (exact) mass is 436 g/mol. The van der Waals surface area contributed by atoms with Gasteiger partial charge in [-0.25, -0.2) is 0 Å². The second-order valence-corrected chi connectivity index (χ2v) is 9.07. The number of halogens is 1. The van der Waals surface area contributed by atoms with Crippen molar-refractivity contribution in [2.24, 2.45) is 5.41 Å². The molecule has 1 rings (SSSR count). The summed E-state index contributed by atoms with van der Waals surface area (Å²) < 4.78 is 11.6. The zero-order valence-electron chi connectivity index (χ0n) is 17.2. The maximum absolute atomic E-state index is 12.6. The van der Waals surface area contributed by atoms with E-state index >= 15 is 0 Å². The molecule has 27 heavy (non-hydrogen) atoms. The molecule has 148 valence electrons. The molecule has 1 amide bonds. The molecule has 0 aliphatic carbocycles. The van der Waals surface area contributed by atoms with E-state index in [0.717, 1.165) is 6.42 Å². The fourth-order valence-electron chi connectivity index (χ4n) is 3.19. The maximum atomic E-state index is 12.6. The van der Waals surface area contributed by atoms with Gasteiger partial charge in [-0.05, 0) is 72.3 Å². The molecule has 0 fully saturated rings. The Labute approximate surface area is 170 Å². The van der Waals surface area contributed by atoms with E-state index in [4.69, 9.17) is 9.47 Å². The van der Waals surface area contributed by atoms with Crippen molar-refractivity contribution < 1.29 is 14.3 Å². The van der Waals surface area contributed by atoms with Crippen LogP contribution < -0.4 is 14.8 Å². The minimum Gasteiger partial charge on any atom is -0.492 e. The molecular weight excluding hydrogens is 408 g/mol. The molecule has 0 saturated heterocycles. The molecule has 0 atom stereocenters. The van der Waals surface area contributed by atoms with E-state index in [-0.39, 0.29) is 11.0 Å². The Morgan fingerprint density at radius 2 is 1.93 bits per heavy atom. The van der Waals surface area contributed by atoms with Crippen LogP contribution in [0.4, 0.5) is 0 Å². The Hall–Kier alpha value is -2.00. The Morgan fingerprint density at radius 1 is 1.30 bits per heavy atom. The Bertz CT molecular complexity index is 756. The fourth-order valence-corrected chi connectivity index (χ4v) is 3.81. The fraction of sp³-hybridized carbons (Fsp3) is 0.524. The summed E-state index contributed by atoms with van der Waals surface area (Å²) in [6, 6.07) is 5.53. The van der Waals surface area contributed by atoms with Gasteiger partial charge in [0.2, 0.25) is 0 Å². The van der Waals surface area contributed by atoms with Gasteiger partial charge in [0.05, 0.1) is 18.2 Å². The minimum absolute atomic E-state index is 0.0384. The Kier molecular flexibility index (Phi) is 7.91. The van der Waals surface area contributed by atoms with Crippen LogP contribution in [0, 0.1) is 16.7 Å². The summed E-state index contributed by atoms with van der Waals surface area (Å²) in [5.74, 6) is 0.728. The van der Waals surface area contributed by atoms with E-state index in [2.05, 4.69) is 42.0 Å². The smallest absolute Gasteiger partial charge is 0.262 e. The van der Waals surface area contributed by atoms with Crippen LogP contribution >= 0.6 is 15.9 Å². The maximum Gasteiger partial charge on any atom is 0.262 e. The average Bonchev–Trinajstić information content (AvgIpc) is 2.49. The lowest BCUT2D eigenvalue weighted by molar-refractivity contribution is -0.118. The number of hydrogen-bond donors (Lipinski definition) is 1. The molecule has 1 aromatic carbocycles. The topological polar surface area (TPSA) is 71.3 Å². The van der Waals surface area contributed by atoms with E-state index in [9.17, 15) is 10.1 Å². The van der Waals surface area contributed by atoms with Crippen LogP contribution in [0.15, 0.2) is 22.2 Å². The minimum atomic E-state index is -0.428. The number of amides is 1. The second kappa shape index (κ2) is 9.27. The Morgan fingerprint density at radius 3 is 2.41 bits per heavy atom. The molecule has 0 aliphatic heterocycles. The lowest BCUT2D eigenvalue weighted by Gasteiger charge is -2.33. The molecule has 1 aromatic rings. The first-order valence-corrected chi connectivity index (χ1v) is 9.66. The van der Waals surface area contributed by atoms with Gasteiger partial charge in [0.25, 0.3) is 5.91 Å². The van der Waals surface area contributed by atoms with Crippen LogP contribution in [-0.2, 0) is 4.79 Å². The zero-order valence-corrected chi connectivity index (χ0v) is 18.8. The lowest BCUT2D eigenvalue weighted by atomic mass is 9.81. The summed E-state index contributed by atoms with van der Waals surface area (Å²) in [4.78, 5) is 12.6. The highest BCUT2D eigenvalue weighted by Gasteiger charge is 2.28. The highest BCUT2D eigenvalue weighted by Crippen LogP contribution is 2.37. The zero-order chi connectivity index (χ0) is 20.8. The van der Waals surface area contributed by atoms with Crippen LogP contribution in [0.3, 0.4) is 0 Å². The van der Waals surface area contributed by atoms with Crippen molar-refractivity contribution in [3.8, 4) is 17.6 Å². The van der Waals surface area contributed by atoms with Crippen LogP contribution in [-0.4, -0.2) is 25.2 Å². The number of nitriles is 1. The summed E-state index contributed by atoms with van der Waals surface area (Å²) in [6.45, 7) is 12.6. The van der Waals surface area contributed by atoms with Gasteiger partial charge in [-0.3, -0.25) is 4.79 Å². The normalized spacial score (nSPS) is 12.3. The number of benzene rings is 1. The summed E-state index contributed by atoms with van der Waals surface area (Å²) in [7, 11) is 1.56. The lowest BCUT2D eigenvalue weighted by Crippen LogP contribution is -2.46. The van der Waals surface area contributed by atoms with Gasteiger partial charge in [-0.2, -0.15) is 5.26 Å². The van der Waals surface area contributed by atoms with Crippen LogP contribution in [0.5, 0.6) is 11.5 Å². The number of methoxy groups -OCH3 is 1. The van der Waals surface area contributed by atoms with E-state index < -0.39 is 11.4 Å². The first-order valence-electron chi connectivity index (χ1n) is 8.87. The molecule has 0 radical (unpaired) electrons. The third-order valence-electron chi connectivity index (χ3n) is 3.64. The van der Waals surface area contributed by atoms with Crippen LogP contribution in [0.1, 0.15) is 53.5 Å². The summed E-state index contributed by atoms with van der Waals surface area (Å²) in [5, 5.41) is 12.4. The van der Waals surface area contributed by atoms with Crippen molar-refractivity contribution in [3.63, 3.8) is 0 Å². The van der Waals surface area contributed by atoms with Gasteiger partial charge in [-0.15, -0.1) is 0 Å². The summed E-state index contributed by atoms with van der Waals surface area (Å²) in [6.07, 6.45) is 2.34. The number of rotatable bonds is 7. The summed E-state index contributed by atoms with van der Waals surface area (Å²) in [5.41, 5.74) is 0.339. The first-order chi connectivity index (χ1) is 12.4. The van der Waals surface area contributed by atoms with Crippen molar-refractivity contribution in [2.75, 3.05) is 13.7 Å². The molecule has 0 saturated carbocycles. The average molecular weight is 437 g/mol. The van der Waals surface area contributed by atoms with Gasteiger partial charge in [0.15, 0.2) is 11.5 Å². The van der Waals surface area contributed by atoms with Gasteiger partial charge >= 0.3 is 0 Å². The van der Waals surface area contributed by atoms with Gasteiger partial charge < -0.3 is 14.8 Å². The number of ether oxygens (including phenoxy) is 2. The largest absolute Gasteiger partial charge is 0.492 e. The first kappa shape index (κ1) is 23.0. The molecular formula is C21H29BrN2O3. The van der Waals surface area contributed by atoms with Crippen molar-refractivity contribution >= 4 is 27.9 Å². The van der Waals surface area contributed by atoms with Gasteiger partial charge in [0.1, 0.15) is 11.6 Å². The number of nitrogens with one attached hydrogen (secondary N) is 1. The van der Waals surface area contributed by atoms with Crippen molar-refractivity contribution in [2.45, 2.75) is 53.5 Å². The molecule has 0 heterocycles. The standard InChI is InChI=1S/C21H29BrN2O3/c1-8-27-17-11-14(10-16(22)18(17)26-7)9-15(12-23)19(25)24-21(5,6)13-20(2,3)4/h9-11H,8,13H2,1-7H3,(H,24,25)/b15-9+. The molecule has 5 nitrogen and oxygen atoms in total. The number of nitrogens with zero attached hydrogens (tertiary/aromatic N) is 1. The SMILES string of the molecule is CCOc1cc(/C=C(\C#N)C(=O)NC(C)(C)CC(C)(C)C)cc(Br)c1OC. The number of carbonyl (C=O) groups is 1. The molecule has 0 unspecified atom stereocenters. The van der Waals surface area contributed by atoms with Crippen molar-refractivity contribution in [1.29, 1.82) is 5.26 Å². The quantitative estimate of drug-likeness (QED) is 0.476. The highest BCUT2D eigenvalue weighted by molar-refractivity contribution is 9.10. The van der Waals surface area contributed by atoms with Crippen LogP contribution in [0.25, 0.3) is 6.08 Å². The molecule has 0 spiro atoms. The van der Waals surface area contributed by atoms with Gasteiger partial charge in [-0.1, -0.05) is 20.8 Å². The van der Waals surface area contributed by atoms with Gasteiger partial charge in [0, 0.05) is 5.54 Å². The van der Waals surface area contributed by atoms with Crippen molar-refractivity contribution in [3.05, 3.63) is 27.7 Å². The summed E-state index contributed by atoms with van der Waals surface area (Å²) >= 11 is 3.44. The van der Waals surface area contributed by atoms with E-state index in [1.165, 1.54) is 0 Å². The Balaban J connectivity index is 3.16. The predicted octanol–water partition coefficient (Wildman–Crippen LogP) is 5.09. The third kappa shape index (κ3) is 7.26. The van der Waals surface area contributed by atoms with E-state index in [1.54, 1.807) is 25.3 Å². The highest BCUT2D eigenvalue weighted by atomic mass is 79.9. The predicted molar refractivity (Wildman–Crippen MR) is 112 cm³/mol. The van der Waals surface area contributed by atoms with E-state index in [1.807, 2.05) is 26.8 Å². The number of carbonyl (C=O) groups excluding carboxylic acids is 1. The second-order valence-electron chi connectivity index (χ2n) is 8.21. The third-order valence-corrected chi connectivity index (χ3v) is 4.23. The molecule has 6 heteroatoms. The number of hydrogen-bond acceptors (Lipinski definition) is 4. The molecule has 0 aliphatic rings. The van der Waals surface area contributed by atoms with Crippen molar-refractivity contribution in [1.82, 2.24) is 5.32 Å². The molecule has 0 bridgehead atoms. The molecule has 1 N–H and O–H groups in total. The molecule has 0 aromatic heterocycles.